The molecular weight excluding hydrogens is 315 g/mol. The van der Waals surface area contributed by atoms with Crippen LogP contribution in [0.3, 0.4) is 0 Å². The highest BCUT2D eigenvalue weighted by atomic mass is 19.1. The lowest BCUT2D eigenvalue weighted by Crippen LogP contribution is -2.47. The summed E-state index contributed by atoms with van der Waals surface area (Å²) in [6.07, 6.45) is 2.86. The van der Waals surface area contributed by atoms with Crippen molar-refractivity contribution >= 4 is 11.5 Å². The lowest BCUT2D eigenvalue weighted by Gasteiger charge is -2.36. The number of nitrogens with zero attached hydrogens (tertiary/aromatic N) is 3. The Morgan fingerprint density at radius 3 is 2.44 bits per heavy atom. The molecule has 1 aromatic heterocycles. The van der Waals surface area contributed by atoms with E-state index < -0.39 is 5.95 Å². The molecule has 2 aliphatic rings. The lowest BCUT2D eigenvalue weighted by molar-refractivity contribution is 0.248. The SMILES string of the molecule is Fc1cccc(NCc2ccc(N3CCN(CC4CC4)CC3)cc2)n1. The Labute approximate surface area is 148 Å². The molecule has 1 saturated carbocycles. The quantitative estimate of drug-likeness (QED) is 0.817. The monoisotopic (exact) mass is 340 g/mol. The predicted molar refractivity (Wildman–Crippen MR) is 99.3 cm³/mol. The number of benzene rings is 1. The summed E-state index contributed by atoms with van der Waals surface area (Å²) in [6, 6.07) is 13.4. The molecule has 1 saturated heterocycles. The van der Waals surface area contributed by atoms with Crippen LogP contribution in [0.25, 0.3) is 0 Å². The summed E-state index contributed by atoms with van der Waals surface area (Å²) < 4.78 is 13.1. The fourth-order valence-electron chi connectivity index (χ4n) is 3.38. The van der Waals surface area contributed by atoms with Gasteiger partial charge in [0.05, 0.1) is 0 Å². The highest BCUT2D eigenvalue weighted by molar-refractivity contribution is 5.48. The maximum absolute atomic E-state index is 13.1. The Morgan fingerprint density at radius 2 is 1.76 bits per heavy atom. The van der Waals surface area contributed by atoms with Crippen molar-refractivity contribution in [2.45, 2.75) is 19.4 Å². The van der Waals surface area contributed by atoms with E-state index in [1.165, 1.54) is 49.8 Å². The standard InChI is InChI=1S/C20H25FN4/c21-19-2-1-3-20(23-19)22-14-16-6-8-18(9-7-16)25-12-10-24(11-13-25)15-17-4-5-17/h1-3,6-9,17H,4-5,10-15H2,(H,22,23). The molecular formula is C20H25FN4. The van der Waals surface area contributed by atoms with Crippen LogP contribution in [0.4, 0.5) is 15.9 Å². The van der Waals surface area contributed by atoms with Crippen LogP contribution in [0.15, 0.2) is 42.5 Å². The smallest absolute Gasteiger partial charge is 0.214 e. The molecule has 5 heteroatoms. The van der Waals surface area contributed by atoms with Gasteiger partial charge in [0.1, 0.15) is 5.82 Å². The topological polar surface area (TPSA) is 31.4 Å². The first-order valence-electron chi connectivity index (χ1n) is 9.19. The molecule has 1 N–H and O–H groups in total. The summed E-state index contributed by atoms with van der Waals surface area (Å²) >= 11 is 0. The number of pyridine rings is 1. The molecule has 0 spiro atoms. The van der Waals surface area contributed by atoms with Gasteiger partial charge >= 0.3 is 0 Å². The molecule has 4 nitrogen and oxygen atoms in total. The Hall–Kier alpha value is -2.14. The first kappa shape index (κ1) is 16.3. The van der Waals surface area contributed by atoms with Crippen molar-refractivity contribution in [2.75, 3.05) is 42.9 Å². The molecule has 1 aromatic carbocycles. The van der Waals surface area contributed by atoms with Gasteiger partial charge in [-0.3, -0.25) is 4.90 Å². The molecule has 2 aromatic rings. The number of hydrogen-bond acceptors (Lipinski definition) is 4. The summed E-state index contributed by atoms with van der Waals surface area (Å²) in [6.45, 7) is 6.50. The van der Waals surface area contributed by atoms with Crippen molar-refractivity contribution in [2.24, 2.45) is 5.92 Å². The van der Waals surface area contributed by atoms with Crippen LogP contribution >= 0.6 is 0 Å². The van der Waals surface area contributed by atoms with Gasteiger partial charge in [-0.1, -0.05) is 18.2 Å². The van der Waals surface area contributed by atoms with Crippen LogP contribution in [0.1, 0.15) is 18.4 Å². The average Bonchev–Trinajstić information content (AvgIpc) is 3.45. The first-order valence-corrected chi connectivity index (χ1v) is 9.19. The number of aromatic nitrogens is 1. The van der Waals surface area contributed by atoms with Crippen LogP contribution in [0, 0.1) is 11.9 Å². The van der Waals surface area contributed by atoms with Gasteiger partial charge in [0.15, 0.2) is 0 Å². The normalized spacial score (nSPS) is 18.4. The zero-order valence-corrected chi connectivity index (χ0v) is 14.5. The van der Waals surface area contributed by atoms with E-state index in [2.05, 4.69) is 44.4 Å². The Kier molecular flexibility index (Phi) is 4.83. The highest BCUT2D eigenvalue weighted by Gasteiger charge is 2.26. The van der Waals surface area contributed by atoms with Crippen molar-refractivity contribution in [3.63, 3.8) is 0 Å². The fourth-order valence-corrected chi connectivity index (χ4v) is 3.38. The molecule has 4 rings (SSSR count). The second-order valence-electron chi connectivity index (χ2n) is 7.10. The minimum atomic E-state index is -0.457. The third-order valence-corrected chi connectivity index (χ3v) is 5.08. The molecule has 132 valence electrons. The molecule has 2 fully saturated rings. The molecule has 25 heavy (non-hydrogen) atoms. The van der Waals surface area contributed by atoms with E-state index in [9.17, 15) is 4.39 Å². The largest absolute Gasteiger partial charge is 0.369 e. The van der Waals surface area contributed by atoms with Gasteiger partial charge in [-0.25, -0.2) is 4.98 Å². The fraction of sp³-hybridized carbons (Fsp3) is 0.450. The van der Waals surface area contributed by atoms with Crippen molar-refractivity contribution in [3.05, 3.63) is 54.0 Å². The maximum atomic E-state index is 13.1. The molecule has 1 aliphatic carbocycles. The van der Waals surface area contributed by atoms with Crippen LogP contribution < -0.4 is 10.2 Å². The molecule has 2 heterocycles. The van der Waals surface area contributed by atoms with E-state index >= 15 is 0 Å². The van der Waals surface area contributed by atoms with Crippen molar-refractivity contribution in [1.82, 2.24) is 9.88 Å². The van der Waals surface area contributed by atoms with Crippen LogP contribution in [0.2, 0.25) is 0 Å². The molecule has 0 amide bonds. The summed E-state index contributed by atoms with van der Waals surface area (Å²) in [5.74, 6) is 1.09. The van der Waals surface area contributed by atoms with Crippen LogP contribution in [-0.2, 0) is 6.54 Å². The zero-order valence-electron chi connectivity index (χ0n) is 14.5. The lowest BCUT2D eigenvalue weighted by atomic mass is 10.1. The van der Waals surface area contributed by atoms with E-state index in [0.717, 1.165) is 19.0 Å². The highest BCUT2D eigenvalue weighted by Crippen LogP contribution is 2.30. The van der Waals surface area contributed by atoms with E-state index in [1.54, 1.807) is 12.1 Å². The molecule has 0 bridgehead atoms. The Bertz CT molecular complexity index is 691. The van der Waals surface area contributed by atoms with E-state index in [0.29, 0.717) is 12.4 Å². The van der Waals surface area contributed by atoms with Gasteiger partial charge < -0.3 is 10.2 Å². The van der Waals surface area contributed by atoms with Gasteiger partial charge in [-0.2, -0.15) is 4.39 Å². The van der Waals surface area contributed by atoms with E-state index in [4.69, 9.17) is 0 Å². The van der Waals surface area contributed by atoms with E-state index in [1.807, 2.05) is 0 Å². The summed E-state index contributed by atoms with van der Waals surface area (Å²) in [7, 11) is 0. The minimum Gasteiger partial charge on any atom is -0.369 e. The van der Waals surface area contributed by atoms with Crippen molar-refractivity contribution in [1.29, 1.82) is 0 Å². The Morgan fingerprint density at radius 1 is 1.00 bits per heavy atom. The number of halogens is 1. The van der Waals surface area contributed by atoms with Gasteiger partial charge in [-0.15, -0.1) is 0 Å². The molecule has 0 radical (unpaired) electrons. The van der Waals surface area contributed by atoms with Crippen LogP contribution in [-0.4, -0.2) is 42.6 Å². The van der Waals surface area contributed by atoms with E-state index in [-0.39, 0.29) is 0 Å². The van der Waals surface area contributed by atoms with Gasteiger partial charge in [0.2, 0.25) is 5.95 Å². The second kappa shape index (κ2) is 7.40. The summed E-state index contributed by atoms with van der Waals surface area (Å²) in [5.41, 5.74) is 2.46. The van der Waals surface area contributed by atoms with Crippen LogP contribution in [0.5, 0.6) is 0 Å². The molecule has 0 unspecified atom stereocenters. The summed E-state index contributed by atoms with van der Waals surface area (Å²) in [4.78, 5) is 8.90. The summed E-state index contributed by atoms with van der Waals surface area (Å²) in [5, 5.41) is 3.16. The van der Waals surface area contributed by atoms with Gasteiger partial charge in [-0.05, 0) is 48.6 Å². The zero-order chi connectivity index (χ0) is 17.1. The predicted octanol–water partition coefficient (Wildman–Crippen LogP) is 3.36. The maximum Gasteiger partial charge on any atom is 0.214 e. The average molecular weight is 340 g/mol. The minimum absolute atomic E-state index is 0.457. The molecule has 0 atom stereocenters. The number of rotatable bonds is 6. The van der Waals surface area contributed by atoms with Gasteiger partial charge in [0.25, 0.3) is 0 Å². The number of anilines is 2. The number of nitrogens with one attached hydrogen (secondary N) is 1. The van der Waals surface area contributed by atoms with Crippen molar-refractivity contribution < 1.29 is 4.39 Å². The van der Waals surface area contributed by atoms with Crippen molar-refractivity contribution in [3.8, 4) is 0 Å². The Balaban J connectivity index is 1.28. The first-order chi connectivity index (χ1) is 12.3. The third kappa shape index (κ3) is 4.48. The number of piperazine rings is 1. The van der Waals surface area contributed by atoms with Gasteiger partial charge in [0, 0.05) is 45.0 Å². The third-order valence-electron chi connectivity index (χ3n) is 5.08. The molecule has 1 aliphatic heterocycles. The number of hydrogen-bond donors (Lipinski definition) is 1. The second-order valence-corrected chi connectivity index (χ2v) is 7.10.